The van der Waals surface area contributed by atoms with Gasteiger partial charge in [0.05, 0.1) is 12.5 Å². The molecule has 7 heteroatoms. The molecular formula is C17H22N2O3S2. The summed E-state index contributed by atoms with van der Waals surface area (Å²) >= 11 is 2.93. The number of aryl methyl sites for hydroxylation is 1. The van der Waals surface area contributed by atoms with Gasteiger partial charge >= 0.3 is 5.97 Å². The van der Waals surface area contributed by atoms with Crippen molar-refractivity contribution < 1.29 is 9.53 Å². The Bertz CT molecular complexity index is 840. The zero-order chi connectivity index (χ0) is 17.4. The van der Waals surface area contributed by atoms with E-state index in [0.29, 0.717) is 17.6 Å². The molecule has 1 aliphatic rings. The minimum absolute atomic E-state index is 0.0223. The van der Waals surface area contributed by atoms with Crippen LogP contribution in [-0.4, -0.2) is 27.9 Å². The van der Waals surface area contributed by atoms with E-state index in [0.717, 1.165) is 29.5 Å². The Hall–Kier alpha value is -1.34. The third-order valence-electron chi connectivity index (χ3n) is 4.51. The summed E-state index contributed by atoms with van der Waals surface area (Å²) in [7, 11) is 1.37. The van der Waals surface area contributed by atoms with E-state index in [9.17, 15) is 9.59 Å². The van der Waals surface area contributed by atoms with E-state index in [2.05, 4.69) is 6.92 Å². The third kappa shape index (κ3) is 2.99. The van der Waals surface area contributed by atoms with Gasteiger partial charge in [-0.3, -0.25) is 14.2 Å². The van der Waals surface area contributed by atoms with Crippen molar-refractivity contribution >= 4 is 39.3 Å². The summed E-state index contributed by atoms with van der Waals surface area (Å²) in [5.41, 5.74) is 1.22. The lowest BCUT2D eigenvalue weighted by Crippen LogP contribution is -2.25. The molecule has 0 aliphatic heterocycles. The standard InChI is InChI=1S/C17H22N2O3S2/c1-5-19-15(20)13-11-7-6-9(2)8-12(11)24-14(13)18-17(19)23-10(3)16(21)22-4/h9-10H,5-8H2,1-4H3/t9-,10+/m0/s1. The van der Waals surface area contributed by atoms with Crippen LogP contribution in [0, 0.1) is 5.92 Å². The van der Waals surface area contributed by atoms with Crippen LogP contribution in [0.25, 0.3) is 10.2 Å². The summed E-state index contributed by atoms with van der Waals surface area (Å²) in [5.74, 6) is 0.350. The van der Waals surface area contributed by atoms with E-state index < -0.39 is 5.25 Å². The number of carbonyl (C=O) groups excluding carboxylic acids is 1. The van der Waals surface area contributed by atoms with Gasteiger partial charge in [-0.1, -0.05) is 18.7 Å². The molecule has 0 aromatic carbocycles. The quantitative estimate of drug-likeness (QED) is 0.472. The van der Waals surface area contributed by atoms with Gasteiger partial charge in [0.15, 0.2) is 5.16 Å². The maximum Gasteiger partial charge on any atom is 0.318 e. The predicted molar refractivity (Wildman–Crippen MR) is 98.1 cm³/mol. The summed E-state index contributed by atoms with van der Waals surface area (Å²) in [5, 5.41) is 0.991. The third-order valence-corrected chi connectivity index (χ3v) is 6.73. The minimum atomic E-state index is -0.397. The number of methoxy groups -OCH3 is 1. The van der Waals surface area contributed by atoms with Crippen molar-refractivity contribution in [2.45, 2.75) is 57.0 Å². The fraction of sp³-hybridized carbons (Fsp3) is 0.588. The van der Waals surface area contributed by atoms with Gasteiger partial charge in [-0.05, 0) is 44.6 Å². The summed E-state index contributed by atoms with van der Waals surface area (Å²) < 4.78 is 6.46. The van der Waals surface area contributed by atoms with Crippen LogP contribution in [0.4, 0.5) is 0 Å². The molecule has 2 aromatic rings. The van der Waals surface area contributed by atoms with Gasteiger partial charge in [-0.15, -0.1) is 11.3 Å². The van der Waals surface area contributed by atoms with E-state index in [1.165, 1.54) is 29.3 Å². The molecule has 0 saturated carbocycles. The van der Waals surface area contributed by atoms with E-state index >= 15 is 0 Å². The molecule has 0 amide bonds. The Kier molecular flexibility index (Phi) is 5.01. The Labute approximate surface area is 149 Å². The van der Waals surface area contributed by atoms with Gasteiger partial charge in [0.2, 0.25) is 0 Å². The molecule has 2 atom stereocenters. The first-order chi connectivity index (χ1) is 11.5. The van der Waals surface area contributed by atoms with Crippen LogP contribution in [0.15, 0.2) is 9.95 Å². The van der Waals surface area contributed by atoms with E-state index in [1.54, 1.807) is 22.8 Å². The van der Waals surface area contributed by atoms with Gasteiger partial charge < -0.3 is 4.74 Å². The highest BCUT2D eigenvalue weighted by atomic mass is 32.2. The Balaban J connectivity index is 2.11. The lowest BCUT2D eigenvalue weighted by molar-refractivity contribution is -0.139. The van der Waals surface area contributed by atoms with E-state index in [1.807, 2.05) is 6.92 Å². The molecular weight excluding hydrogens is 344 g/mol. The molecule has 2 aromatic heterocycles. The highest BCUT2D eigenvalue weighted by molar-refractivity contribution is 8.00. The van der Waals surface area contributed by atoms with Gasteiger partial charge in [0.25, 0.3) is 5.56 Å². The van der Waals surface area contributed by atoms with Crippen molar-refractivity contribution in [1.29, 1.82) is 0 Å². The van der Waals surface area contributed by atoms with Crippen molar-refractivity contribution in [2.24, 2.45) is 5.92 Å². The van der Waals surface area contributed by atoms with Crippen LogP contribution in [0.5, 0.6) is 0 Å². The molecule has 3 rings (SSSR count). The number of hydrogen-bond acceptors (Lipinski definition) is 6. The first-order valence-corrected chi connectivity index (χ1v) is 9.95. The zero-order valence-electron chi connectivity index (χ0n) is 14.4. The maximum absolute atomic E-state index is 13.0. The molecule has 0 radical (unpaired) electrons. The normalized spacial score (nSPS) is 18.4. The number of carbonyl (C=O) groups is 1. The summed E-state index contributed by atoms with van der Waals surface area (Å²) in [6.07, 6.45) is 3.12. The molecule has 0 unspecified atom stereocenters. The molecule has 0 saturated heterocycles. The zero-order valence-corrected chi connectivity index (χ0v) is 16.1. The first-order valence-electron chi connectivity index (χ1n) is 8.25. The molecule has 130 valence electrons. The van der Waals surface area contributed by atoms with E-state index in [-0.39, 0.29) is 11.5 Å². The number of rotatable bonds is 4. The van der Waals surface area contributed by atoms with Crippen LogP contribution in [0.3, 0.4) is 0 Å². The van der Waals surface area contributed by atoms with Crippen molar-refractivity contribution in [3.63, 3.8) is 0 Å². The van der Waals surface area contributed by atoms with Crippen molar-refractivity contribution in [1.82, 2.24) is 9.55 Å². The van der Waals surface area contributed by atoms with Gasteiger partial charge in [-0.2, -0.15) is 0 Å². The second-order valence-electron chi connectivity index (χ2n) is 6.26. The maximum atomic E-state index is 13.0. The fourth-order valence-corrected chi connectivity index (χ4v) is 5.57. The van der Waals surface area contributed by atoms with E-state index in [4.69, 9.17) is 9.72 Å². The number of aromatic nitrogens is 2. The number of thiophene rings is 1. The summed E-state index contributed by atoms with van der Waals surface area (Å²) in [6, 6.07) is 0. The average Bonchev–Trinajstić information content (AvgIpc) is 2.91. The smallest absolute Gasteiger partial charge is 0.318 e. The van der Waals surface area contributed by atoms with Crippen molar-refractivity contribution in [2.75, 3.05) is 7.11 Å². The topological polar surface area (TPSA) is 61.2 Å². The number of thioether (sulfide) groups is 1. The van der Waals surface area contributed by atoms with Crippen molar-refractivity contribution in [3.05, 3.63) is 20.8 Å². The van der Waals surface area contributed by atoms with Crippen LogP contribution in [0.1, 0.15) is 37.6 Å². The number of hydrogen-bond donors (Lipinski definition) is 0. The highest BCUT2D eigenvalue weighted by Gasteiger charge is 2.25. The molecule has 2 heterocycles. The number of fused-ring (bicyclic) bond motifs is 3. The van der Waals surface area contributed by atoms with Crippen LogP contribution in [0.2, 0.25) is 0 Å². The van der Waals surface area contributed by atoms with Crippen molar-refractivity contribution in [3.8, 4) is 0 Å². The lowest BCUT2D eigenvalue weighted by Gasteiger charge is -2.17. The molecule has 1 aliphatic carbocycles. The Morgan fingerprint density at radius 3 is 2.96 bits per heavy atom. The fourth-order valence-electron chi connectivity index (χ4n) is 3.15. The second-order valence-corrected chi connectivity index (χ2v) is 8.65. The molecule has 5 nitrogen and oxygen atoms in total. The van der Waals surface area contributed by atoms with Gasteiger partial charge in [0.1, 0.15) is 10.1 Å². The molecule has 0 N–H and O–H groups in total. The molecule has 24 heavy (non-hydrogen) atoms. The van der Waals surface area contributed by atoms with Gasteiger partial charge in [0, 0.05) is 11.4 Å². The molecule has 0 fully saturated rings. The number of nitrogens with zero attached hydrogens (tertiary/aromatic N) is 2. The van der Waals surface area contributed by atoms with Gasteiger partial charge in [-0.25, -0.2) is 4.98 Å². The highest BCUT2D eigenvalue weighted by Crippen LogP contribution is 2.36. The SMILES string of the molecule is CCn1c(S[C@H](C)C(=O)OC)nc2sc3c(c2c1=O)CC[C@H](C)C3. The Morgan fingerprint density at radius 1 is 1.54 bits per heavy atom. The Morgan fingerprint density at radius 2 is 2.29 bits per heavy atom. The van der Waals surface area contributed by atoms with Crippen LogP contribution < -0.4 is 5.56 Å². The minimum Gasteiger partial charge on any atom is -0.468 e. The lowest BCUT2D eigenvalue weighted by atomic mass is 9.89. The number of ether oxygens (including phenoxy) is 1. The average molecular weight is 367 g/mol. The molecule has 0 bridgehead atoms. The summed E-state index contributed by atoms with van der Waals surface area (Å²) in [6.45, 7) is 6.50. The number of esters is 1. The first kappa shape index (κ1) is 17.5. The van der Waals surface area contributed by atoms with Crippen LogP contribution in [-0.2, 0) is 28.9 Å². The second kappa shape index (κ2) is 6.88. The largest absolute Gasteiger partial charge is 0.468 e. The summed E-state index contributed by atoms with van der Waals surface area (Å²) in [4.78, 5) is 31.6. The predicted octanol–water partition coefficient (Wildman–Crippen LogP) is 3.26. The monoisotopic (exact) mass is 366 g/mol. The van der Waals surface area contributed by atoms with Crippen LogP contribution >= 0.6 is 23.1 Å². The molecule has 0 spiro atoms.